The van der Waals surface area contributed by atoms with Gasteiger partial charge in [0.2, 0.25) is 0 Å². The van der Waals surface area contributed by atoms with Crippen molar-refractivity contribution < 1.29 is 0 Å². The van der Waals surface area contributed by atoms with E-state index < -0.39 is 0 Å². The molecular weight excluding hydrogens is 192 g/mol. The van der Waals surface area contributed by atoms with Gasteiger partial charge in [0.25, 0.3) is 0 Å². The van der Waals surface area contributed by atoms with Crippen LogP contribution in [0.2, 0.25) is 0 Å². The van der Waals surface area contributed by atoms with E-state index >= 15 is 0 Å². The largest absolute Gasteiger partial charge is 0.0985 e. The minimum atomic E-state index is 1.16. The van der Waals surface area contributed by atoms with Crippen LogP contribution in [-0.4, -0.2) is 0 Å². The Bertz CT molecular complexity index is 521. The summed E-state index contributed by atoms with van der Waals surface area (Å²) in [6.07, 6.45) is 1.88. The molecule has 0 aliphatic heterocycles. The van der Waals surface area contributed by atoms with Crippen molar-refractivity contribution in [2.75, 3.05) is 0 Å². The Morgan fingerprint density at radius 2 is 1.81 bits per heavy atom. The normalized spacial score (nSPS) is 10.1. The number of benzene rings is 2. The van der Waals surface area contributed by atoms with Crippen molar-refractivity contribution >= 4 is 6.08 Å². The van der Waals surface area contributed by atoms with Crippen molar-refractivity contribution in [3.63, 3.8) is 0 Å². The van der Waals surface area contributed by atoms with Crippen LogP contribution in [0.5, 0.6) is 0 Å². The van der Waals surface area contributed by atoms with Crippen molar-refractivity contribution in [3.05, 3.63) is 65.7 Å². The Labute approximate surface area is 97.3 Å². The molecule has 0 saturated heterocycles. The summed E-state index contributed by atoms with van der Waals surface area (Å²) in [6.45, 7) is 8.08. The van der Waals surface area contributed by atoms with Crippen LogP contribution < -0.4 is 0 Å². The average molecular weight is 208 g/mol. The Kier molecular flexibility index (Phi) is 2.91. The van der Waals surface area contributed by atoms with Gasteiger partial charge in [0.1, 0.15) is 0 Å². The lowest BCUT2D eigenvalue weighted by atomic mass is 9.97. The van der Waals surface area contributed by atoms with E-state index in [1.807, 2.05) is 6.08 Å². The number of aryl methyl sites for hydroxylation is 2. The SMILES string of the molecule is C=Cc1cccc(-c2ccc(C)cc2C)c1. The van der Waals surface area contributed by atoms with E-state index in [1.54, 1.807) is 0 Å². The minimum absolute atomic E-state index is 1.16. The van der Waals surface area contributed by atoms with E-state index in [4.69, 9.17) is 0 Å². The number of hydrogen-bond donors (Lipinski definition) is 0. The van der Waals surface area contributed by atoms with E-state index in [9.17, 15) is 0 Å². The number of hydrogen-bond acceptors (Lipinski definition) is 0. The summed E-state index contributed by atoms with van der Waals surface area (Å²) >= 11 is 0. The number of rotatable bonds is 2. The van der Waals surface area contributed by atoms with E-state index in [2.05, 4.69) is 62.9 Å². The topological polar surface area (TPSA) is 0 Å². The third-order valence-electron chi connectivity index (χ3n) is 2.82. The first-order valence-corrected chi connectivity index (χ1v) is 5.51. The molecule has 0 saturated carbocycles. The maximum absolute atomic E-state index is 3.80. The van der Waals surface area contributed by atoms with Crippen LogP contribution in [0.25, 0.3) is 17.2 Å². The monoisotopic (exact) mass is 208 g/mol. The van der Waals surface area contributed by atoms with Crippen molar-refractivity contribution in [1.29, 1.82) is 0 Å². The standard InChI is InChI=1S/C16H16/c1-4-14-6-5-7-15(11-14)16-9-8-12(2)10-13(16)3/h4-11H,1H2,2-3H3. The summed E-state index contributed by atoms with van der Waals surface area (Å²) in [7, 11) is 0. The van der Waals surface area contributed by atoms with Gasteiger partial charge < -0.3 is 0 Å². The van der Waals surface area contributed by atoms with E-state index in [0.717, 1.165) is 5.56 Å². The Morgan fingerprint density at radius 1 is 1.00 bits per heavy atom. The molecule has 0 bridgehead atoms. The summed E-state index contributed by atoms with van der Waals surface area (Å²) in [6, 6.07) is 15.0. The van der Waals surface area contributed by atoms with Crippen molar-refractivity contribution in [3.8, 4) is 11.1 Å². The molecule has 0 fully saturated rings. The molecule has 0 spiro atoms. The lowest BCUT2D eigenvalue weighted by Crippen LogP contribution is -1.85. The van der Waals surface area contributed by atoms with Gasteiger partial charge in [-0.05, 0) is 42.2 Å². The highest BCUT2D eigenvalue weighted by Crippen LogP contribution is 2.25. The van der Waals surface area contributed by atoms with Gasteiger partial charge in [-0.15, -0.1) is 0 Å². The quantitative estimate of drug-likeness (QED) is 0.676. The van der Waals surface area contributed by atoms with Gasteiger partial charge in [0.15, 0.2) is 0 Å². The average Bonchev–Trinajstić information content (AvgIpc) is 2.29. The highest BCUT2D eigenvalue weighted by molar-refractivity contribution is 5.70. The molecule has 0 N–H and O–H groups in total. The predicted octanol–water partition coefficient (Wildman–Crippen LogP) is 4.61. The second-order valence-electron chi connectivity index (χ2n) is 4.15. The molecule has 0 radical (unpaired) electrons. The summed E-state index contributed by atoms with van der Waals surface area (Å²) in [5.41, 5.74) is 6.35. The van der Waals surface area contributed by atoms with Crippen LogP contribution in [0.15, 0.2) is 49.0 Å². The summed E-state index contributed by atoms with van der Waals surface area (Å²) in [4.78, 5) is 0. The molecule has 0 aromatic heterocycles. The van der Waals surface area contributed by atoms with Gasteiger partial charge >= 0.3 is 0 Å². The maximum Gasteiger partial charge on any atom is -0.0154 e. The minimum Gasteiger partial charge on any atom is -0.0985 e. The highest BCUT2D eigenvalue weighted by Gasteiger charge is 2.01. The summed E-state index contributed by atoms with van der Waals surface area (Å²) < 4.78 is 0. The van der Waals surface area contributed by atoms with Gasteiger partial charge in [0.05, 0.1) is 0 Å². The molecule has 0 nitrogen and oxygen atoms in total. The zero-order valence-corrected chi connectivity index (χ0v) is 9.83. The van der Waals surface area contributed by atoms with Crippen molar-refractivity contribution in [2.45, 2.75) is 13.8 Å². The molecule has 0 amide bonds. The van der Waals surface area contributed by atoms with Gasteiger partial charge in [-0.3, -0.25) is 0 Å². The lowest BCUT2D eigenvalue weighted by Gasteiger charge is -2.07. The lowest BCUT2D eigenvalue weighted by molar-refractivity contribution is 1.38. The van der Waals surface area contributed by atoms with Crippen LogP contribution in [0.4, 0.5) is 0 Å². The molecule has 16 heavy (non-hydrogen) atoms. The molecule has 0 aliphatic carbocycles. The molecule has 0 heteroatoms. The zero-order chi connectivity index (χ0) is 11.5. The Morgan fingerprint density at radius 3 is 2.50 bits per heavy atom. The van der Waals surface area contributed by atoms with Crippen LogP contribution in [0.1, 0.15) is 16.7 Å². The van der Waals surface area contributed by atoms with Crippen LogP contribution in [0.3, 0.4) is 0 Å². The fourth-order valence-electron chi connectivity index (χ4n) is 1.97. The van der Waals surface area contributed by atoms with Gasteiger partial charge in [-0.1, -0.05) is 54.6 Å². The van der Waals surface area contributed by atoms with Crippen LogP contribution >= 0.6 is 0 Å². The van der Waals surface area contributed by atoms with Crippen molar-refractivity contribution in [1.82, 2.24) is 0 Å². The second kappa shape index (κ2) is 4.36. The van der Waals surface area contributed by atoms with Gasteiger partial charge in [-0.25, -0.2) is 0 Å². The Balaban J connectivity index is 2.53. The second-order valence-corrected chi connectivity index (χ2v) is 4.15. The first-order valence-electron chi connectivity index (χ1n) is 5.51. The van der Waals surface area contributed by atoms with E-state index in [1.165, 1.54) is 22.3 Å². The molecule has 2 rings (SSSR count). The van der Waals surface area contributed by atoms with Crippen LogP contribution in [0, 0.1) is 13.8 Å². The van der Waals surface area contributed by atoms with E-state index in [-0.39, 0.29) is 0 Å². The first-order chi connectivity index (χ1) is 7.70. The van der Waals surface area contributed by atoms with Crippen LogP contribution in [-0.2, 0) is 0 Å². The third kappa shape index (κ3) is 2.06. The predicted molar refractivity (Wildman–Crippen MR) is 71.4 cm³/mol. The fourth-order valence-corrected chi connectivity index (χ4v) is 1.97. The molecule has 2 aromatic rings. The summed E-state index contributed by atoms with van der Waals surface area (Å²) in [5.74, 6) is 0. The smallest absolute Gasteiger partial charge is 0.0154 e. The highest BCUT2D eigenvalue weighted by atomic mass is 14.1. The Hall–Kier alpha value is -1.82. The molecule has 2 aromatic carbocycles. The zero-order valence-electron chi connectivity index (χ0n) is 9.83. The first kappa shape index (κ1) is 10.7. The molecule has 0 unspecified atom stereocenters. The van der Waals surface area contributed by atoms with Gasteiger partial charge in [-0.2, -0.15) is 0 Å². The van der Waals surface area contributed by atoms with Gasteiger partial charge in [0, 0.05) is 0 Å². The summed E-state index contributed by atoms with van der Waals surface area (Å²) in [5, 5.41) is 0. The third-order valence-corrected chi connectivity index (χ3v) is 2.82. The molecule has 80 valence electrons. The van der Waals surface area contributed by atoms with Crippen molar-refractivity contribution in [2.24, 2.45) is 0 Å². The molecule has 0 heterocycles. The van der Waals surface area contributed by atoms with E-state index in [0.29, 0.717) is 0 Å². The molecular formula is C16H16. The molecule has 0 atom stereocenters. The molecule has 0 aliphatic rings. The maximum atomic E-state index is 3.80. The fraction of sp³-hybridized carbons (Fsp3) is 0.125.